The molecule has 0 fully saturated rings. The number of amides is 1. The maximum atomic E-state index is 11.7. The van der Waals surface area contributed by atoms with Crippen molar-refractivity contribution in [3.05, 3.63) is 59.7 Å². The Morgan fingerprint density at radius 2 is 1.61 bits per heavy atom. The van der Waals surface area contributed by atoms with E-state index in [2.05, 4.69) is 17.4 Å². The Hall–Kier alpha value is -2.82. The van der Waals surface area contributed by atoms with Crippen LogP contribution in [0.15, 0.2) is 48.5 Å². The number of aliphatic carboxylic acids is 1. The van der Waals surface area contributed by atoms with Gasteiger partial charge in [0.2, 0.25) is 0 Å². The van der Waals surface area contributed by atoms with Crippen LogP contribution in [-0.4, -0.2) is 29.8 Å². The Balaban J connectivity index is 1.76. The van der Waals surface area contributed by atoms with E-state index in [-0.39, 0.29) is 12.5 Å². The van der Waals surface area contributed by atoms with Crippen molar-refractivity contribution in [1.29, 1.82) is 0 Å². The van der Waals surface area contributed by atoms with Crippen LogP contribution >= 0.6 is 0 Å². The molecule has 0 saturated carbocycles. The van der Waals surface area contributed by atoms with Crippen molar-refractivity contribution in [2.45, 2.75) is 18.9 Å². The molecule has 5 nitrogen and oxygen atoms in total. The van der Waals surface area contributed by atoms with E-state index >= 15 is 0 Å². The van der Waals surface area contributed by atoms with E-state index in [4.69, 9.17) is 9.84 Å². The van der Waals surface area contributed by atoms with Crippen LogP contribution in [0.3, 0.4) is 0 Å². The van der Waals surface area contributed by atoms with Gasteiger partial charge in [-0.15, -0.1) is 0 Å². The quantitative estimate of drug-likeness (QED) is 0.910. The Morgan fingerprint density at radius 3 is 2.13 bits per heavy atom. The zero-order valence-electron chi connectivity index (χ0n) is 12.7. The number of carbonyl (C=O) groups excluding carboxylic acids is 1. The van der Waals surface area contributed by atoms with E-state index in [1.54, 1.807) is 0 Å². The molecule has 2 aromatic carbocycles. The summed E-state index contributed by atoms with van der Waals surface area (Å²) in [7, 11) is 0. The Bertz CT molecular complexity index is 711. The van der Waals surface area contributed by atoms with Gasteiger partial charge in [0.25, 0.3) is 0 Å². The Labute approximate surface area is 133 Å². The molecular formula is C18H17NO4. The second-order valence-corrected chi connectivity index (χ2v) is 5.53. The molecule has 2 N–H and O–H groups in total. The zero-order valence-corrected chi connectivity index (χ0v) is 12.7. The number of ether oxygens (including phenoxy) is 1. The standard InChI is InChI=1S/C18H17NO4/c1-11(17(20)21)19-18(22)23-10-16-14-8-4-2-6-12(14)13-7-3-5-9-15(13)16/h2-9,11,16H,10H2,1H3,(H,19,22)(H,20,21)/t11-/m0/s1/i20+1. The van der Waals surface area contributed by atoms with Crippen molar-refractivity contribution >= 4 is 12.1 Å². The molecule has 0 saturated heterocycles. The third-order valence-corrected chi connectivity index (χ3v) is 4.05. The van der Waals surface area contributed by atoms with Crippen LogP contribution in [0.1, 0.15) is 24.0 Å². The van der Waals surface area contributed by atoms with Gasteiger partial charge in [-0.05, 0) is 29.2 Å². The van der Waals surface area contributed by atoms with Gasteiger partial charge in [-0.1, -0.05) is 48.5 Å². The van der Waals surface area contributed by atoms with Crippen LogP contribution < -0.4 is 5.32 Å². The average molecular weight is 312 g/mol. The third-order valence-electron chi connectivity index (χ3n) is 4.05. The molecule has 0 spiro atoms. The molecule has 0 radical (unpaired) electrons. The Morgan fingerprint density at radius 1 is 1.09 bits per heavy atom. The normalized spacial score (nSPS) is 13.8. The lowest BCUT2D eigenvalue weighted by molar-refractivity contribution is -0.138. The summed E-state index contributed by atoms with van der Waals surface area (Å²) in [6.07, 6.45) is -0.721. The number of carboxylic acids is 1. The summed E-state index contributed by atoms with van der Waals surface area (Å²) in [5.74, 6) is -1.13. The number of carboxylic acid groups (broad SMARTS) is 1. The van der Waals surface area contributed by atoms with E-state index in [9.17, 15) is 9.59 Å². The number of hydrogen-bond donors (Lipinski definition) is 2. The van der Waals surface area contributed by atoms with Gasteiger partial charge >= 0.3 is 12.1 Å². The highest BCUT2D eigenvalue weighted by molar-refractivity contribution is 5.80. The number of alkyl carbamates (subject to hydrolysis) is 1. The van der Waals surface area contributed by atoms with Gasteiger partial charge in [0.15, 0.2) is 0 Å². The smallest absolute Gasteiger partial charge is 0.407 e. The first-order valence-corrected chi connectivity index (χ1v) is 7.42. The molecule has 1 amide bonds. The largest absolute Gasteiger partial charge is 0.480 e. The van der Waals surface area contributed by atoms with Gasteiger partial charge in [-0.25, -0.2) is 4.79 Å². The van der Waals surface area contributed by atoms with Crippen LogP contribution in [0.5, 0.6) is 0 Å². The molecule has 3 rings (SSSR count). The molecule has 5 heteroatoms. The second kappa shape index (κ2) is 6.12. The van der Waals surface area contributed by atoms with E-state index < -0.39 is 18.1 Å². The number of rotatable bonds is 4. The van der Waals surface area contributed by atoms with Crippen LogP contribution in [-0.2, 0) is 9.53 Å². The van der Waals surface area contributed by atoms with Gasteiger partial charge in [0.1, 0.15) is 12.6 Å². The fraction of sp³-hybridized carbons (Fsp3) is 0.222. The van der Waals surface area contributed by atoms with Gasteiger partial charge in [-0.2, -0.15) is 0 Å². The summed E-state index contributed by atoms with van der Waals surface area (Å²) in [4.78, 5) is 22.5. The van der Waals surface area contributed by atoms with Crippen molar-refractivity contribution in [2.24, 2.45) is 0 Å². The van der Waals surface area contributed by atoms with Crippen molar-refractivity contribution in [2.75, 3.05) is 6.61 Å². The number of hydrogen-bond acceptors (Lipinski definition) is 3. The van der Waals surface area contributed by atoms with E-state index in [1.165, 1.54) is 6.92 Å². The first-order chi connectivity index (χ1) is 11.1. The predicted octanol–water partition coefficient (Wildman–Crippen LogP) is 3.00. The van der Waals surface area contributed by atoms with E-state index in [1.807, 2.05) is 36.4 Å². The summed E-state index contributed by atoms with van der Waals surface area (Å²) in [6, 6.07) is 15.1. The maximum Gasteiger partial charge on any atom is 0.407 e. The van der Waals surface area contributed by atoms with E-state index in [0.717, 1.165) is 22.3 Å². The molecule has 2 aromatic rings. The number of benzene rings is 2. The van der Waals surface area contributed by atoms with Crippen LogP contribution in [0.4, 0.5) is 4.79 Å². The van der Waals surface area contributed by atoms with Crippen molar-refractivity contribution in [3.63, 3.8) is 0 Å². The minimum Gasteiger partial charge on any atom is -0.480 e. The van der Waals surface area contributed by atoms with Crippen LogP contribution in [0.2, 0.25) is 0 Å². The fourth-order valence-corrected chi connectivity index (χ4v) is 2.88. The minimum absolute atomic E-state index is 0.0340. The highest BCUT2D eigenvalue weighted by atomic mass is 17.2. The molecule has 23 heavy (non-hydrogen) atoms. The molecule has 0 aliphatic heterocycles. The van der Waals surface area contributed by atoms with Crippen molar-refractivity contribution in [3.8, 4) is 11.1 Å². The van der Waals surface area contributed by atoms with Gasteiger partial charge < -0.3 is 15.2 Å². The Kier molecular flexibility index (Phi) is 4.02. The lowest BCUT2D eigenvalue weighted by atomic mass is 9.98. The molecule has 0 heterocycles. The van der Waals surface area contributed by atoms with Gasteiger partial charge in [0.05, 0.1) is 0 Å². The highest BCUT2D eigenvalue weighted by Gasteiger charge is 2.29. The molecule has 0 bridgehead atoms. The molecule has 0 aromatic heterocycles. The van der Waals surface area contributed by atoms with Crippen LogP contribution in [0.25, 0.3) is 11.1 Å². The molecular weight excluding hydrogens is 295 g/mol. The lowest BCUT2D eigenvalue weighted by Gasteiger charge is -2.15. The second-order valence-electron chi connectivity index (χ2n) is 5.53. The molecule has 1 aliphatic carbocycles. The number of nitrogens with one attached hydrogen (secondary N) is 1. The fourth-order valence-electron chi connectivity index (χ4n) is 2.88. The molecule has 1 aliphatic rings. The first kappa shape index (κ1) is 15.1. The van der Waals surface area contributed by atoms with Crippen molar-refractivity contribution in [1.82, 2.24) is 5.32 Å². The SMILES string of the molecule is C[C@H](NC(=O)OCC1c2ccccc2-c2ccccc21)C(=O)[17OH]. The lowest BCUT2D eigenvalue weighted by Crippen LogP contribution is -2.39. The number of carbonyl (C=O) groups is 2. The molecule has 118 valence electrons. The summed E-state index contributed by atoms with van der Waals surface area (Å²) in [6.45, 7) is 1.57. The summed E-state index contributed by atoms with van der Waals surface area (Å²) in [5.41, 5.74) is 4.53. The molecule has 0 unspecified atom stereocenters. The highest BCUT2D eigenvalue weighted by Crippen LogP contribution is 2.44. The van der Waals surface area contributed by atoms with Crippen LogP contribution in [0, 0.1) is 0 Å². The predicted molar refractivity (Wildman–Crippen MR) is 85.3 cm³/mol. The first-order valence-electron chi connectivity index (χ1n) is 7.42. The number of fused-ring (bicyclic) bond motifs is 3. The summed E-state index contributed by atoms with van der Waals surface area (Å²) in [5, 5.41) is 11.1. The minimum atomic E-state index is -1.10. The summed E-state index contributed by atoms with van der Waals surface area (Å²) >= 11 is 0. The monoisotopic (exact) mass is 312 g/mol. The summed E-state index contributed by atoms with van der Waals surface area (Å²) < 4.78 is 5.25. The maximum absolute atomic E-state index is 11.7. The van der Waals surface area contributed by atoms with E-state index in [0.29, 0.717) is 0 Å². The topological polar surface area (TPSA) is 75.6 Å². The third kappa shape index (κ3) is 2.90. The average Bonchev–Trinajstić information content (AvgIpc) is 2.87. The van der Waals surface area contributed by atoms with Gasteiger partial charge in [0, 0.05) is 5.92 Å². The van der Waals surface area contributed by atoms with Gasteiger partial charge in [-0.3, -0.25) is 4.79 Å². The molecule has 1 atom stereocenters. The zero-order chi connectivity index (χ0) is 16.4. The van der Waals surface area contributed by atoms with Crippen molar-refractivity contribution < 1.29 is 19.4 Å².